The second-order valence-electron chi connectivity index (χ2n) is 8.37. The molecule has 1 aliphatic carbocycles. The molecule has 1 spiro atoms. The molecule has 1 fully saturated rings. The highest BCUT2D eigenvalue weighted by molar-refractivity contribution is 6.43. The molecular weight excluding hydrogens is 401 g/mol. The molecule has 2 aromatic carbocycles. The fourth-order valence-corrected chi connectivity index (χ4v) is 5.33. The lowest BCUT2D eigenvalue weighted by molar-refractivity contribution is 0.232. The zero-order valence-corrected chi connectivity index (χ0v) is 18.0. The molecule has 1 aromatic heterocycles. The first kappa shape index (κ1) is 18.9. The van der Waals surface area contributed by atoms with Crippen LogP contribution in [-0.4, -0.2) is 23.1 Å². The van der Waals surface area contributed by atoms with Gasteiger partial charge in [-0.15, -0.1) is 0 Å². The van der Waals surface area contributed by atoms with Crippen LogP contribution in [0.25, 0.3) is 11.3 Å². The molecule has 0 bridgehead atoms. The maximum absolute atomic E-state index is 6.37. The van der Waals surface area contributed by atoms with Gasteiger partial charge in [0.25, 0.3) is 0 Å². The summed E-state index contributed by atoms with van der Waals surface area (Å²) in [5, 5.41) is 1.06. The third-order valence-corrected chi connectivity index (χ3v) is 7.34. The molecule has 1 saturated heterocycles. The Morgan fingerprint density at radius 1 is 0.931 bits per heavy atom. The van der Waals surface area contributed by atoms with Crippen molar-refractivity contribution < 1.29 is 0 Å². The Morgan fingerprint density at radius 3 is 2.28 bits per heavy atom. The van der Waals surface area contributed by atoms with Gasteiger partial charge in [-0.25, -0.2) is 9.97 Å². The Bertz CT molecular complexity index is 1040. The highest BCUT2D eigenvalue weighted by atomic mass is 35.5. The van der Waals surface area contributed by atoms with Gasteiger partial charge in [-0.1, -0.05) is 59.6 Å². The number of benzene rings is 2. The van der Waals surface area contributed by atoms with Gasteiger partial charge in [0, 0.05) is 18.7 Å². The summed E-state index contributed by atoms with van der Waals surface area (Å²) in [6, 6.07) is 14.5. The van der Waals surface area contributed by atoms with E-state index < -0.39 is 0 Å². The molecule has 2 aliphatic rings. The van der Waals surface area contributed by atoms with E-state index in [0.717, 1.165) is 35.9 Å². The minimum absolute atomic E-state index is 0.426. The monoisotopic (exact) mass is 423 g/mol. The van der Waals surface area contributed by atoms with E-state index in [1.807, 2.05) is 25.3 Å². The highest BCUT2D eigenvalue weighted by Gasteiger charge is 2.40. The average molecular weight is 424 g/mol. The van der Waals surface area contributed by atoms with E-state index in [1.165, 1.54) is 25.7 Å². The van der Waals surface area contributed by atoms with Crippen molar-refractivity contribution in [2.24, 2.45) is 5.41 Å². The van der Waals surface area contributed by atoms with E-state index in [9.17, 15) is 0 Å². The molecule has 3 aromatic rings. The van der Waals surface area contributed by atoms with E-state index in [2.05, 4.69) is 29.2 Å². The Kier molecular flexibility index (Phi) is 4.76. The summed E-state index contributed by atoms with van der Waals surface area (Å²) in [5.74, 6) is 0.984. The topological polar surface area (TPSA) is 29.0 Å². The molecule has 2 heterocycles. The molecule has 5 heteroatoms. The zero-order chi connectivity index (χ0) is 20.0. The third kappa shape index (κ3) is 3.41. The van der Waals surface area contributed by atoms with Crippen LogP contribution in [0.2, 0.25) is 10.0 Å². The van der Waals surface area contributed by atoms with Crippen molar-refractivity contribution in [2.45, 2.75) is 32.6 Å². The van der Waals surface area contributed by atoms with E-state index in [1.54, 1.807) is 17.2 Å². The van der Waals surface area contributed by atoms with Gasteiger partial charge in [0.2, 0.25) is 0 Å². The number of hydrogen-bond donors (Lipinski definition) is 0. The lowest BCUT2D eigenvalue weighted by Crippen LogP contribution is -2.41. The first-order chi connectivity index (χ1) is 14.0. The number of hydrogen-bond acceptors (Lipinski definition) is 3. The molecule has 1 aliphatic heterocycles. The Morgan fingerprint density at radius 2 is 1.62 bits per heavy atom. The van der Waals surface area contributed by atoms with E-state index in [0.29, 0.717) is 15.5 Å². The lowest BCUT2D eigenvalue weighted by atomic mass is 9.76. The molecule has 0 unspecified atom stereocenters. The third-order valence-electron chi connectivity index (χ3n) is 6.52. The van der Waals surface area contributed by atoms with E-state index in [-0.39, 0.29) is 0 Å². The second kappa shape index (κ2) is 7.30. The smallest absolute Gasteiger partial charge is 0.150 e. The van der Waals surface area contributed by atoms with Crippen molar-refractivity contribution in [3.05, 3.63) is 75.5 Å². The maximum atomic E-state index is 6.37. The van der Waals surface area contributed by atoms with Crippen molar-refractivity contribution in [2.75, 3.05) is 18.0 Å². The maximum Gasteiger partial charge on any atom is 0.150 e. The fraction of sp³-hybridized carbons (Fsp3) is 0.333. The molecule has 148 valence electrons. The lowest BCUT2D eigenvalue weighted by Gasteiger charge is -2.40. The number of fused-ring (bicyclic) bond motifs is 1. The summed E-state index contributed by atoms with van der Waals surface area (Å²) >= 11 is 12.5. The number of piperidine rings is 1. The van der Waals surface area contributed by atoms with Crippen LogP contribution in [0.4, 0.5) is 5.82 Å². The van der Waals surface area contributed by atoms with E-state index >= 15 is 0 Å². The van der Waals surface area contributed by atoms with Crippen LogP contribution < -0.4 is 4.90 Å². The van der Waals surface area contributed by atoms with Crippen molar-refractivity contribution in [3.63, 3.8) is 0 Å². The van der Waals surface area contributed by atoms with Crippen LogP contribution in [0.1, 0.15) is 29.7 Å². The number of nitrogens with zero attached hydrogens (tertiary/aromatic N) is 3. The van der Waals surface area contributed by atoms with Gasteiger partial charge in [-0.3, -0.25) is 0 Å². The largest absolute Gasteiger partial charge is 0.355 e. The van der Waals surface area contributed by atoms with Crippen LogP contribution in [0.3, 0.4) is 0 Å². The van der Waals surface area contributed by atoms with Gasteiger partial charge in [-0.05, 0) is 55.2 Å². The molecule has 0 N–H and O–H groups in total. The standard InChI is InChI=1S/C24H23Cl2N3/c1-16-23(27-15-21(28-16)19-7-4-8-20(25)22(19)26)29-11-9-24(10-12-29)13-17-5-2-3-6-18(17)14-24/h2-8,15H,9-14H2,1H3. The number of aryl methyl sites for hydroxylation is 1. The number of rotatable bonds is 2. The summed E-state index contributed by atoms with van der Waals surface area (Å²) in [4.78, 5) is 11.9. The summed E-state index contributed by atoms with van der Waals surface area (Å²) in [5.41, 5.74) is 6.03. The Labute approximate surface area is 181 Å². The first-order valence-corrected chi connectivity index (χ1v) is 10.9. The minimum Gasteiger partial charge on any atom is -0.355 e. The Balaban J connectivity index is 1.34. The Hall–Kier alpha value is -2.10. The van der Waals surface area contributed by atoms with Crippen LogP contribution >= 0.6 is 23.2 Å². The predicted molar refractivity (Wildman–Crippen MR) is 120 cm³/mol. The quantitative estimate of drug-likeness (QED) is 0.495. The number of anilines is 1. The fourth-order valence-electron chi connectivity index (χ4n) is 4.94. The summed E-state index contributed by atoms with van der Waals surface area (Å²) in [7, 11) is 0. The first-order valence-electron chi connectivity index (χ1n) is 10.1. The minimum atomic E-state index is 0.426. The summed E-state index contributed by atoms with van der Waals surface area (Å²) < 4.78 is 0. The van der Waals surface area contributed by atoms with Crippen LogP contribution in [0.5, 0.6) is 0 Å². The molecule has 0 amide bonds. The molecule has 5 rings (SSSR count). The van der Waals surface area contributed by atoms with Crippen molar-refractivity contribution in [1.29, 1.82) is 0 Å². The SMILES string of the molecule is Cc1nc(-c2cccc(Cl)c2Cl)cnc1N1CCC2(CC1)Cc1ccccc1C2. The molecule has 0 saturated carbocycles. The van der Waals surface area contributed by atoms with Gasteiger partial charge in [-0.2, -0.15) is 0 Å². The van der Waals surface area contributed by atoms with Gasteiger partial charge in [0.05, 0.1) is 27.6 Å². The van der Waals surface area contributed by atoms with Gasteiger partial charge in [0.15, 0.2) is 0 Å². The second-order valence-corrected chi connectivity index (χ2v) is 9.16. The van der Waals surface area contributed by atoms with Gasteiger partial charge >= 0.3 is 0 Å². The predicted octanol–water partition coefficient (Wildman–Crippen LogP) is 6.14. The van der Waals surface area contributed by atoms with Crippen LogP contribution in [-0.2, 0) is 12.8 Å². The average Bonchev–Trinajstić information content (AvgIpc) is 3.08. The van der Waals surface area contributed by atoms with Crippen molar-refractivity contribution in [3.8, 4) is 11.3 Å². The molecule has 0 radical (unpaired) electrons. The highest BCUT2D eigenvalue weighted by Crippen LogP contribution is 2.45. The zero-order valence-electron chi connectivity index (χ0n) is 16.5. The molecular formula is C24H23Cl2N3. The van der Waals surface area contributed by atoms with Gasteiger partial charge in [0.1, 0.15) is 5.82 Å². The van der Waals surface area contributed by atoms with Crippen LogP contribution in [0, 0.1) is 12.3 Å². The summed E-state index contributed by atoms with van der Waals surface area (Å²) in [6.07, 6.45) is 6.65. The number of aromatic nitrogens is 2. The molecule has 0 atom stereocenters. The molecule has 3 nitrogen and oxygen atoms in total. The van der Waals surface area contributed by atoms with Gasteiger partial charge < -0.3 is 4.90 Å². The van der Waals surface area contributed by atoms with E-state index in [4.69, 9.17) is 33.2 Å². The summed E-state index contributed by atoms with van der Waals surface area (Å²) in [6.45, 7) is 4.08. The molecule has 29 heavy (non-hydrogen) atoms. The number of halogens is 2. The van der Waals surface area contributed by atoms with Crippen molar-refractivity contribution in [1.82, 2.24) is 9.97 Å². The normalized spacial score (nSPS) is 17.6. The van der Waals surface area contributed by atoms with Crippen molar-refractivity contribution >= 4 is 29.0 Å². The van der Waals surface area contributed by atoms with Crippen LogP contribution in [0.15, 0.2) is 48.7 Å².